The molecule has 1 fully saturated rings. The number of amides is 2. The van der Waals surface area contributed by atoms with E-state index in [0.29, 0.717) is 30.9 Å². The van der Waals surface area contributed by atoms with E-state index in [1.807, 2.05) is 30.9 Å². The van der Waals surface area contributed by atoms with Crippen molar-refractivity contribution in [3.05, 3.63) is 57.8 Å². The lowest BCUT2D eigenvalue weighted by Crippen LogP contribution is -2.48. The number of hydrogen-bond acceptors (Lipinski definition) is 3. The predicted octanol–water partition coefficient (Wildman–Crippen LogP) is 2.96. The van der Waals surface area contributed by atoms with Gasteiger partial charge in [-0.2, -0.15) is 0 Å². The van der Waals surface area contributed by atoms with Gasteiger partial charge in [-0.15, -0.1) is 0 Å². The Balaban J connectivity index is 1.58. The van der Waals surface area contributed by atoms with Gasteiger partial charge in [0.25, 0.3) is 11.8 Å². The van der Waals surface area contributed by atoms with Crippen molar-refractivity contribution in [3.8, 4) is 0 Å². The number of carbonyl (C=O) groups excluding carboxylic acids is 2. The predicted molar refractivity (Wildman–Crippen MR) is 102 cm³/mol. The van der Waals surface area contributed by atoms with Crippen LogP contribution >= 0.6 is 15.9 Å². The molecule has 26 heavy (non-hydrogen) atoms. The second kappa shape index (κ2) is 8.05. The molecule has 7 heteroatoms. The molecular weight excluding hydrogens is 398 g/mol. The number of aromatic nitrogens is 1. The maximum absolute atomic E-state index is 12.6. The molecular formula is C19H22BrN3O3. The van der Waals surface area contributed by atoms with Crippen molar-refractivity contribution in [1.82, 2.24) is 15.2 Å². The minimum Gasteiger partial charge on any atom is -0.372 e. The Labute approximate surface area is 161 Å². The zero-order chi connectivity index (χ0) is 18.7. The summed E-state index contributed by atoms with van der Waals surface area (Å²) < 4.78 is 6.51. The number of nitrogens with zero attached hydrogens (tertiary/aromatic N) is 1. The van der Waals surface area contributed by atoms with E-state index in [1.165, 1.54) is 0 Å². The second-order valence-corrected chi connectivity index (χ2v) is 7.49. The van der Waals surface area contributed by atoms with Crippen molar-refractivity contribution in [2.45, 2.75) is 32.6 Å². The fourth-order valence-corrected chi connectivity index (χ4v) is 3.41. The summed E-state index contributed by atoms with van der Waals surface area (Å²) in [6.07, 6.45) is 1.80. The van der Waals surface area contributed by atoms with E-state index in [0.717, 1.165) is 10.0 Å². The molecule has 0 bridgehead atoms. The molecule has 2 aromatic rings. The van der Waals surface area contributed by atoms with Crippen LogP contribution in [0.15, 0.2) is 41.0 Å². The molecule has 0 aliphatic carbocycles. The summed E-state index contributed by atoms with van der Waals surface area (Å²) >= 11 is 3.30. The van der Waals surface area contributed by atoms with Crippen LogP contribution in [0, 0.1) is 0 Å². The topological polar surface area (TPSA) is 74.4 Å². The van der Waals surface area contributed by atoms with Gasteiger partial charge in [-0.3, -0.25) is 9.59 Å². The zero-order valence-corrected chi connectivity index (χ0v) is 16.4. The molecule has 2 amide bonds. The molecule has 2 atom stereocenters. The Hall–Kier alpha value is -2.12. The van der Waals surface area contributed by atoms with Gasteiger partial charge < -0.3 is 19.9 Å². The Morgan fingerprint density at radius 3 is 2.46 bits per heavy atom. The first-order chi connectivity index (χ1) is 12.4. The van der Waals surface area contributed by atoms with Crippen LogP contribution in [0.2, 0.25) is 0 Å². The molecule has 1 aromatic carbocycles. The summed E-state index contributed by atoms with van der Waals surface area (Å²) in [5, 5.41) is 2.85. The molecule has 1 aliphatic heterocycles. The monoisotopic (exact) mass is 419 g/mol. The van der Waals surface area contributed by atoms with Crippen LogP contribution in [0.3, 0.4) is 0 Å². The molecule has 2 heterocycles. The van der Waals surface area contributed by atoms with E-state index in [4.69, 9.17) is 4.74 Å². The molecule has 6 nitrogen and oxygen atoms in total. The van der Waals surface area contributed by atoms with Gasteiger partial charge in [0, 0.05) is 35.9 Å². The number of benzene rings is 1. The summed E-state index contributed by atoms with van der Waals surface area (Å²) in [6, 6.07) is 9.07. The number of halogens is 1. The maximum atomic E-state index is 12.6. The summed E-state index contributed by atoms with van der Waals surface area (Å²) in [6.45, 7) is 5.56. The lowest BCUT2D eigenvalue weighted by molar-refractivity contribution is -0.0586. The third-order valence-corrected chi connectivity index (χ3v) is 4.71. The average molecular weight is 420 g/mol. The fraction of sp³-hybridized carbons (Fsp3) is 0.368. The van der Waals surface area contributed by atoms with Gasteiger partial charge in [0.2, 0.25) is 0 Å². The van der Waals surface area contributed by atoms with E-state index >= 15 is 0 Å². The molecule has 2 N–H and O–H groups in total. The highest BCUT2D eigenvalue weighted by molar-refractivity contribution is 9.10. The highest BCUT2D eigenvalue weighted by Crippen LogP contribution is 2.15. The Morgan fingerprint density at radius 2 is 1.88 bits per heavy atom. The molecule has 0 unspecified atom stereocenters. The van der Waals surface area contributed by atoms with Gasteiger partial charge >= 0.3 is 0 Å². The molecule has 0 spiro atoms. The lowest BCUT2D eigenvalue weighted by Gasteiger charge is -2.35. The summed E-state index contributed by atoms with van der Waals surface area (Å²) in [7, 11) is 0. The molecule has 0 radical (unpaired) electrons. The summed E-state index contributed by atoms with van der Waals surface area (Å²) in [5.74, 6) is -0.161. The number of carbonyl (C=O) groups is 2. The fourth-order valence-electron chi connectivity index (χ4n) is 3.07. The Bertz CT molecular complexity index is 778. The zero-order valence-electron chi connectivity index (χ0n) is 14.8. The van der Waals surface area contributed by atoms with Crippen LogP contribution in [0.25, 0.3) is 0 Å². The van der Waals surface area contributed by atoms with E-state index < -0.39 is 0 Å². The third kappa shape index (κ3) is 4.53. The molecule has 1 aliphatic rings. The first-order valence-corrected chi connectivity index (χ1v) is 9.37. The molecule has 0 saturated carbocycles. The lowest BCUT2D eigenvalue weighted by atomic mass is 10.1. The number of aromatic amines is 1. The number of morpholine rings is 1. The number of rotatable bonds is 4. The van der Waals surface area contributed by atoms with Crippen LogP contribution < -0.4 is 5.32 Å². The maximum Gasteiger partial charge on any atom is 0.267 e. The first kappa shape index (κ1) is 18.7. The van der Waals surface area contributed by atoms with E-state index in [-0.39, 0.29) is 24.0 Å². The molecule has 1 saturated heterocycles. The van der Waals surface area contributed by atoms with Crippen molar-refractivity contribution >= 4 is 27.7 Å². The molecule has 1 aromatic heterocycles. The summed E-state index contributed by atoms with van der Waals surface area (Å²) in [4.78, 5) is 29.4. The van der Waals surface area contributed by atoms with Crippen LogP contribution in [-0.4, -0.2) is 47.0 Å². The minimum absolute atomic E-state index is 0.0128. The van der Waals surface area contributed by atoms with Crippen LogP contribution in [0.5, 0.6) is 0 Å². The van der Waals surface area contributed by atoms with E-state index in [1.54, 1.807) is 24.4 Å². The van der Waals surface area contributed by atoms with Gasteiger partial charge in [0.05, 0.1) is 12.2 Å². The van der Waals surface area contributed by atoms with E-state index in [9.17, 15) is 9.59 Å². The Morgan fingerprint density at radius 1 is 1.23 bits per heavy atom. The minimum atomic E-state index is -0.174. The van der Waals surface area contributed by atoms with Crippen molar-refractivity contribution in [1.29, 1.82) is 0 Å². The van der Waals surface area contributed by atoms with Gasteiger partial charge in [0.1, 0.15) is 5.69 Å². The highest BCUT2D eigenvalue weighted by atomic mass is 79.9. The Kier molecular flexibility index (Phi) is 5.78. The van der Waals surface area contributed by atoms with Gasteiger partial charge in [-0.25, -0.2) is 0 Å². The second-order valence-electron chi connectivity index (χ2n) is 6.58. The van der Waals surface area contributed by atoms with Crippen molar-refractivity contribution in [2.24, 2.45) is 0 Å². The van der Waals surface area contributed by atoms with Crippen molar-refractivity contribution in [3.63, 3.8) is 0 Å². The smallest absolute Gasteiger partial charge is 0.267 e. The number of ether oxygens (including phenoxy) is 1. The highest BCUT2D eigenvalue weighted by Gasteiger charge is 2.26. The van der Waals surface area contributed by atoms with E-state index in [2.05, 4.69) is 26.2 Å². The quantitative estimate of drug-likeness (QED) is 0.799. The first-order valence-electron chi connectivity index (χ1n) is 8.58. The molecule has 3 rings (SSSR count). The number of nitrogens with one attached hydrogen (secondary N) is 2. The normalized spacial score (nSPS) is 20.0. The summed E-state index contributed by atoms with van der Waals surface area (Å²) in [5.41, 5.74) is 2.08. The van der Waals surface area contributed by atoms with Crippen LogP contribution in [-0.2, 0) is 11.3 Å². The SMILES string of the molecule is C[C@@H]1CN(C(=O)c2ccc(CNC(=O)c3cc(Br)c[nH]3)cc2)C[C@H](C)O1. The molecule has 138 valence electrons. The van der Waals surface area contributed by atoms with Gasteiger partial charge in [-0.1, -0.05) is 12.1 Å². The third-order valence-electron chi connectivity index (χ3n) is 4.25. The van der Waals surface area contributed by atoms with Crippen molar-refractivity contribution in [2.75, 3.05) is 13.1 Å². The standard InChI is InChI=1S/C19H22BrN3O3/c1-12-10-23(11-13(2)26-12)19(25)15-5-3-14(4-6-15)8-22-18(24)17-7-16(20)9-21-17/h3-7,9,12-13,21H,8,10-11H2,1-2H3,(H,22,24)/t12-,13+. The average Bonchev–Trinajstić information content (AvgIpc) is 3.05. The van der Waals surface area contributed by atoms with Gasteiger partial charge in [-0.05, 0) is 53.5 Å². The van der Waals surface area contributed by atoms with Gasteiger partial charge in [0.15, 0.2) is 0 Å². The van der Waals surface area contributed by atoms with Crippen molar-refractivity contribution < 1.29 is 14.3 Å². The van der Waals surface area contributed by atoms with Crippen LogP contribution in [0.4, 0.5) is 0 Å². The van der Waals surface area contributed by atoms with Crippen LogP contribution in [0.1, 0.15) is 40.3 Å². The number of hydrogen-bond donors (Lipinski definition) is 2. The largest absolute Gasteiger partial charge is 0.372 e. The number of H-pyrrole nitrogens is 1.